The topological polar surface area (TPSA) is 77.8 Å². The maximum atomic E-state index is 10.7. The second-order valence-electron chi connectivity index (χ2n) is 2.79. The minimum atomic E-state index is -0.940. The lowest BCUT2D eigenvalue weighted by molar-refractivity contribution is 0.223. The molecule has 0 aliphatic heterocycles. The number of hydrogen-bond acceptors (Lipinski definition) is 5. The highest BCUT2D eigenvalue weighted by Gasteiger charge is 2.26. The van der Waals surface area contributed by atoms with Gasteiger partial charge in [0, 0.05) is 0 Å². The quantitative estimate of drug-likeness (QED) is 0.467. The van der Waals surface area contributed by atoms with Crippen LogP contribution in [0.5, 0.6) is 5.75 Å². The third-order valence-electron chi connectivity index (χ3n) is 1.58. The van der Waals surface area contributed by atoms with Crippen molar-refractivity contribution in [1.29, 1.82) is 0 Å². The van der Waals surface area contributed by atoms with Crippen molar-refractivity contribution in [3.8, 4) is 5.75 Å². The second kappa shape index (κ2) is 2.60. The Morgan fingerprint density at radius 3 is 2.08 bits per heavy atom. The van der Waals surface area contributed by atoms with Crippen LogP contribution >= 0.6 is 0 Å². The molecular weight excluding hydrogens is 162 g/mol. The molecule has 0 heterocycles. The molecule has 0 aromatic heterocycles. The molecule has 1 rings (SSSR count). The second-order valence-corrected chi connectivity index (χ2v) is 2.79. The first kappa shape index (κ1) is 8.73. The van der Waals surface area contributed by atoms with Gasteiger partial charge in [-0.05, 0) is 13.8 Å². The Labute approximate surface area is 68.1 Å². The molecule has 0 bridgehead atoms. The first-order valence-corrected chi connectivity index (χ1v) is 3.47. The van der Waals surface area contributed by atoms with Crippen LogP contribution in [0.4, 0.5) is 5.69 Å². The lowest BCUT2D eigenvalue weighted by Crippen LogP contribution is -2.41. The van der Waals surface area contributed by atoms with E-state index in [1.807, 2.05) is 0 Å². The van der Waals surface area contributed by atoms with Gasteiger partial charge >= 0.3 is 0 Å². The van der Waals surface area contributed by atoms with Crippen molar-refractivity contribution in [2.24, 2.45) is 0 Å². The molecule has 0 unspecified atom stereocenters. The number of nitrogens with zero attached hydrogens (tertiary/aromatic N) is 1. The van der Waals surface area contributed by atoms with Crippen LogP contribution < -0.4 is 15.9 Å². The Bertz CT molecular complexity index is 361. The van der Waals surface area contributed by atoms with E-state index in [9.17, 15) is 9.59 Å². The van der Waals surface area contributed by atoms with Crippen LogP contribution in [-0.4, -0.2) is 16.4 Å². The standard InChI is InChI=1S/C7H9NO4/c1-3(2)8(12)4-5(9)7(11)6(4)10/h3,9,12H,1-2H3. The van der Waals surface area contributed by atoms with Gasteiger partial charge in [0.15, 0.2) is 11.4 Å². The summed E-state index contributed by atoms with van der Waals surface area (Å²) in [5.41, 5.74) is -2.09. The van der Waals surface area contributed by atoms with Crippen molar-refractivity contribution >= 4 is 5.69 Å². The third-order valence-corrected chi connectivity index (χ3v) is 1.58. The molecule has 66 valence electrons. The molecule has 12 heavy (non-hydrogen) atoms. The summed E-state index contributed by atoms with van der Waals surface area (Å²) in [5, 5.41) is 18.6. The van der Waals surface area contributed by atoms with Gasteiger partial charge in [-0.2, -0.15) is 0 Å². The molecule has 1 aromatic rings. The van der Waals surface area contributed by atoms with E-state index in [4.69, 9.17) is 10.3 Å². The van der Waals surface area contributed by atoms with Crippen molar-refractivity contribution in [2.45, 2.75) is 19.9 Å². The maximum Gasteiger partial charge on any atom is 0.271 e. The Hall–Kier alpha value is -1.36. The van der Waals surface area contributed by atoms with Crippen LogP contribution in [0, 0.1) is 0 Å². The van der Waals surface area contributed by atoms with Gasteiger partial charge in [-0.3, -0.25) is 14.8 Å². The molecule has 0 saturated carbocycles. The number of hydrogen-bond donors (Lipinski definition) is 2. The van der Waals surface area contributed by atoms with Crippen LogP contribution in [0.25, 0.3) is 0 Å². The zero-order chi connectivity index (χ0) is 9.46. The molecule has 1 aromatic carbocycles. The predicted molar refractivity (Wildman–Crippen MR) is 42.4 cm³/mol. The van der Waals surface area contributed by atoms with Gasteiger partial charge in [-0.15, -0.1) is 0 Å². The highest BCUT2D eigenvalue weighted by Crippen LogP contribution is 2.20. The molecule has 0 saturated heterocycles. The van der Waals surface area contributed by atoms with Crippen LogP contribution in [0.15, 0.2) is 9.59 Å². The van der Waals surface area contributed by atoms with Gasteiger partial charge in [0.25, 0.3) is 10.9 Å². The lowest BCUT2D eigenvalue weighted by atomic mass is 10.2. The molecule has 0 atom stereocenters. The molecule has 0 radical (unpaired) electrons. The first-order chi connectivity index (χ1) is 5.46. The van der Waals surface area contributed by atoms with E-state index in [1.165, 1.54) is 0 Å². The van der Waals surface area contributed by atoms with Gasteiger partial charge in [0.1, 0.15) is 0 Å². The van der Waals surface area contributed by atoms with Gasteiger partial charge in [-0.25, -0.2) is 5.06 Å². The zero-order valence-corrected chi connectivity index (χ0v) is 6.74. The fourth-order valence-corrected chi connectivity index (χ4v) is 0.838. The molecule has 5 heteroatoms. The smallest absolute Gasteiger partial charge is 0.271 e. The number of anilines is 1. The summed E-state index contributed by atoms with van der Waals surface area (Å²) >= 11 is 0. The van der Waals surface area contributed by atoms with Crippen molar-refractivity contribution < 1.29 is 10.3 Å². The molecule has 0 spiro atoms. The summed E-state index contributed by atoms with van der Waals surface area (Å²) in [4.78, 5) is 21.3. The van der Waals surface area contributed by atoms with Crippen LogP contribution in [0.3, 0.4) is 0 Å². The van der Waals surface area contributed by atoms with E-state index < -0.39 is 16.6 Å². The summed E-state index contributed by atoms with van der Waals surface area (Å²) < 4.78 is 0. The summed E-state index contributed by atoms with van der Waals surface area (Å²) in [5.74, 6) is -0.656. The van der Waals surface area contributed by atoms with Crippen molar-refractivity contribution in [3.63, 3.8) is 0 Å². The van der Waals surface area contributed by atoms with E-state index in [2.05, 4.69) is 0 Å². The third kappa shape index (κ3) is 0.984. The van der Waals surface area contributed by atoms with Crippen molar-refractivity contribution in [2.75, 3.05) is 5.06 Å². The summed E-state index contributed by atoms with van der Waals surface area (Å²) in [6.45, 7) is 3.24. The lowest BCUT2D eigenvalue weighted by Gasteiger charge is -2.21. The van der Waals surface area contributed by atoms with Gasteiger partial charge in [0.2, 0.25) is 0 Å². The monoisotopic (exact) mass is 171 g/mol. The fraction of sp³-hybridized carbons (Fsp3) is 0.429. The van der Waals surface area contributed by atoms with Crippen LogP contribution in [0.1, 0.15) is 13.8 Å². The SMILES string of the molecule is CC(C)N(O)c1c(O)c(=O)c1=O. The van der Waals surface area contributed by atoms with Gasteiger partial charge in [-0.1, -0.05) is 0 Å². The first-order valence-electron chi connectivity index (χ1n) is 3.47. The van der Waals surface area contributed by atoms with Crippen LogP contribution in [0.2, 0.25) is 0 Å². The Balaban J connectivity index is 3.07. The van der Waals surface area contributed by atoms with E-state index in [1.54, 1.807) is 13.8 Å². The molecule has 0 aliphatic carbocycles. The van der Waals surface area contributed by atoms with Crippen molar-refractivity contribution in [3.05, 3.63) is 20.4 Å². The number of hydroxylamine groups is 1. The summed E-state index contributed by atoms with van der Waals surface area (Å²) in [6.07, 6.45) is 0. The van der Waals surface area contributed by atoms with Crippen LogP contribution in [-0.2, 0) is 0 Å². The highest BCUT2D eigenvalue weighted by molar-refractivity contribution is 5.61. The minimum absolute atomic E-state index is 0.310. The average molecular weight is 171 g/mol. The van der Waals surface area contributed by atoms with Gasteiger partial charge in [0.05, 0.1) is 6.04 Å². The largest absolute Gasteiger partial charge is 0.502 e. The molecule has 0 amide bonds. The number of aromatic hydroxyl groups is 1. The normalized spacial score (nSPS) is 11.0. The van der Waals surface area contributed by atoms with E-state index in [0.29, 0.717) is 5.06 Å². The molecule has 2 N–H and O–H groups in total. The predicted octanol–water partition coefficient (Wildman–Crippen LogP) is -0.408. The fourth-order valence-electron chi connectivity index (χ4n) is 0.838. The Kier molecular flexibility index (Phi) is 1.89. The average Bonchev–Trinajstić information content (AvgIpc) is 2.03. The minimum Gasteiger partial charge on any atom is -0.502 e. The molecule has 0 aliphatic rings. The Morgan fingerprint density at radius 2 is 1.75 bits per heavy atom. The molecular formula is C7H9NO4. The summed E-state index contributed by atoms with van der Waals surface area (Å²) in [7, 11) is 0. The highest BCUT2D eigenvalue weighted by atomic mass is 16.5. The Morgan fingerprint density at radius 1 is 1.25 bits per heavy atom. The maximum absolute atomic E-state index is 10.7. The van der Waals surface area contributed by atoms with Crippen molar-refractivity contribution in [1.82, 2.24) is 0 Å². The van der Waals surface area contributed by atoms with E-state index in [-0.39, 0.29) is 11.7 Å². The number of rotatable bonds is 2. The molecule has 5 nitrogen and oxygen atoms in total. The molecule has 0 fully saturated rings. The zero-order valence-electron chi connectivity index (χ0n) is 6.74. The van der Waals surface area contributed by atoms with Gasteiger partial charge < -0.3 is 5.11 Å². The van der Waals surface area contributed by atoms with E-state index in [0.717, 1.165) is 0 Å². The van der Waals surface area contributed by atoms with E-state index >= 15 is 0 Å². The summed E-state index contributed by atoms with van der Waals surface area (Å²) in [6, 6.07) is -0.348.